The number of H-pyrrole nitrogens is 1. The van der Waals surface area contributed by atoms with Crippen LogP contribution in [-0.2, 0) is 0 Å². The van der Waals surface area contributed by atoms with E-state index in [1.165, 1.54) is 0 Å². The normalized spacial score (nSPS) is 24.0. The number of ether oxygens (including phenoxy) is 1. The molecule has 2 aromatic carbocycles. The highest BCUT2D eigenvalue weighted by molar-refractivity contribution is 6.08. The first-order valence-corrected chi connectivity index (χ1v) is 7.07. The molecule has 0 saturated heterocycles. The van der Waals surface area contributed by atoms with Crippen LogP contribution in [0.1, 0.15) is 25.5 Å². The lowest BCUT2D eigenvalue weighted by molar-refractivity contribution is -0.111. The Hall–Kier alpha value is -2.04. The predicted octanol–water partition coefficient (Wildman–Crippen LogP) is 2.89. The average Bonchev–Trinajstić information content (AvgIpc) is 2.82. The van der Waals surface area contributed by atoms with Gasteiger partial charge in [-0.25, -0.2) is 0 Å². The molecule has 0 amide bonds. The average molecular weight is 283 g/mol. The molecule has 0 unspecified atom stereocenters. The van der Waals surface area contributed by atoms with E-state index in [0.717, 1.165) is 21.8 Å². The second-order valence-electron chi connectivity index (χ2n) is 6.17. The summed E-state index contributed by atoms with van der Waals surface area (Å²) in [6, 6.07) is 11.9. The SMILES string of the molecule is CC1(C)Oc2ccc3c([nH]c4ccccc43)c2[C@H](O)[C@H]1O. The number of aliphatic hydroxyl groups is 2. The van der Waals surface area contributed by atoms with Crippen LogP contribution < -0.4 is 4.74 Å². The molecule has 0 aliphatic carbocycles. The standard InChI is InChI=1S/C17H17NO3/c1-17(2)16(20)15(19)13-12(21-17)8-7-10-9-5-3-4-6-11(9)18-14(10)13/h3-8,15-16,18-20H,1-2H3/t15-,16+/m0/s1. The molecule has 0 fully saturated rings. The van der Waals surface area contributed by atoms with Crippen LogP contribution in [0.4, 0.5) is 0 Å². The van der Waals surface area contributed by atoms with Crippen molar-refractivity contribution in [3.63, 3.8) is 0 Å². The predicted molar refractivity (Wildman–Crippen MR) is 81.5 cm³/mol. The quantitative estimate of drug-likeness (QED) is 0.594. The van der Waals surface area contributed by atoms with Crippen molar-refractivity contribution in [3.8, 4) is 5.75 Å². The Balaban J connectivity index is 2.07. The molecule has 0 bridgehead atoms. The highest BCUT2D eigenvalue weighted by Gasteiger charge is 2.43. The fourth-order valence-electron chi connectivity index (χ4n) is 3.19. The largest absolute Gasteiger partial charge is 0.485 e. The van der Waals surface area contributed by atoms with Gasteiger partial charge in [0.2, 0.25) is 0 Å². The van der Waals surface area contributed by atoms with Gasteiger partial charge in [-0.2, -0.15) is 0 Å². The number of rotatable bonds is 0. The van der Waals surface area contributed by atoms with Crippen molar-refractivity contribution in [2.45, 2.75) is 31.7 Å². The Labute approximate surface area is 122 Å². The lowest BCUT2D eigenvalue weighted by Crippen LogP contribution is -2.48. The molecular formula is C17H17NO3. The van der Waals surface area contributed by atoms with Gasteiger partial charge in [-0.05, 0) is 32.0 Å². The van der Waals surface area contributed by atoms with E-state index in [2.05, 4.69) is 4.98 Å². The smallest absolute Gasteiger partial charge is 0.132 e. The summed E-state index contributed by atoms with van der Waals surface area (Å²) >= 11 is 0. The van der Waals surface area contributed by atoms with Gasteiger partial charge < -0.3 is 19.9 Å². The van der Waals surface area contributed by atoms with E-state index < -0.39 is 17.8 Å². The number of para-hydroxylation sites is 1. The fourth-order valence-corrected chi connectivity index (χ4v) is 3.19. The van der Waals surface area contributed by atoms with E-state index >= 15 is 0 Å². The van der Waals surface area contributed by atoms with Crippen LogP contribution in [0.3, 0.4) is 0 Å². The summed E-state index contributed by atoms with van der Waals surface area (Å²) in [6.45, 7) is 3.55. The summed E-state index contributed by atoms with van der Waals surface area (Å²) in [7, 11) is 0. The molecule has 1 aliphatic heterocycles. The molecule has 4 rings (SSSR count). The first kappa shape index (κ1) is 12.7. The van der Waals surface area contributed by atoms with Gasteiger partial charge in [-0.3, -0.25) is 0 Å². The Kier molecular flexibility index (Phi) is 2.41. The zero-order valence-electron chi connectivity index (χ0n) is 11.9. The summed E-state index contributed by atoms with van der Waals surface area (Å²) in [4.78, 5) is 3.33. The zero-order valence-corrected chi connectivity index (χ0v) is 11.9. The highest BCUT2D eigenvalue weighted by Crippen LogP contribution is 2.44. The van der Waals surface area contributed by atoms with Crippen molar-refractivity contribution >= 4 is 21.8 Å². The van der Waals surface area contributed by atoms with E-state index in [4.69, 9.17) is 4.74 Å². The van der Waals surface area contributed by atoms with E-state index in [1.54, 1.807) is 13.8 Å². The van der Waals surface area contributed by atoms with Crippen molar-refractivity contribution in [1.29, 1.82) is 0 Å². The number of aromatic nitrogens is 1. The number of hydrogen-bond donors (Lipinski definition) is 3. The van der Waals surface area contributed by atoms with Crippen LogP contribution in [0.5, 0.6) is 5.75 Å². The molecule has 3 N–H and O–H groups in total. The maximum atomic E-state index is 10.5. The zero-order chi connectivity index (χ0) is 14.8. The van der Waals surface area contributed by atoms with E-state index in [9.17, 15) is 10.2 Å². The molecule has 2 heterocycles. The maximum absolute atomic E-state index is 10.5. The number of aliphatic hydroxyl groups excluding tert-OH is 2. The number of fused-ring (bicyclic) bond motifs is 5. The van der Waals surface area contributed by atoms with Crippen LogP contribution >= 0.6 is 0 Å². The minimum Gasteiger partial charge on any atom is -0.485 e. The second kappa shape index (κ2) is 4.00. The van der Waals surface area contributed by atoms with E-state index in [-0.39, 0.29) is 0 Å². The molecule has 4 heteroatoms. The highest BCUT2D eigenvalue weighted by atomic mass is 16.5. The Morgan fingerprint density at radius 3 is 2.62 bits per heavy atom. The summed E-state index contributed by atoms with van der Waals surface area (Å²) in [5.74, 6) is 0.622. The topological polar surface area (TPSA) is 65.5 Å². The van der Waals surface area contributed by atoms with Crippen molar-refractivity contribution in [3.05, 3.63) is 42.0 Å². The third-order valence-electron chi connectivity index (χ3n) is 4.36. The van der Waals surface area contributed by atoms with Crippen molar-refractivity contribution in [2.75, 3.05) is 0 Å². The second-order valence-corrected chi connectivity index (χ2v) is 6.17. The van der Waals surface area contributed by atoms with E-state index in [1.807, 2.05) is 36.4 Å². The Morgan fingerprint density at radius 2 is 1.81 bits per heavy atom. The molecule has 2 atom stereocenters. The molecule has 4 nitrogen and oxygen atoms in total. The van der Waals surface area contributed by atoms with Gasteiger partial charge in [0.15, 0.2) is 0 Å². The molecule has 108 valence electrons. The first-order chi connectivity index (χ1) is 9.99. The lowest BCUT2D eigenvalue weighted by atomic mass is 9.87. The van der Waals surface area contributed by atoms with Gasteiger partial charge in [0.1, 0.15) is 23.6 Å². The van der Waals surface area contributed by atoms with Crippen molar-refractivity contribution in [2.24, 2.45) is 0 Å². The van der Waals surface area contributed by atoms with Gasteiger partial charge in [-0.15, -0.1) is 0 Å². The molecule has 1 aliphatic rings. The van der Waals surface area contributed by atoms with Crippen LogP contribution in [0.15, 0.2) is 36.4 Å². The summed E-state index contributed by atoms with van der Waals surface area (Å²) in [5, 5.41) is 23.0. The fraction of sp³-hybridized carbons (Fsp3) is 0.294. The third-order valence-corrected chi connectivity index (χ3v) is 4.36. The molecule has 21 heavy (non-hydrogen) atoms. The third kappa shape index (κ3) is 1.63. The summed E-state index contributed by atoms with van der Waals surface area (Å²) in [5.41, 5.74) is 1.66. The number of nitrogens with one attached hydrogen (secondary N) is 1. The minimum atomic E-state index is -0.972. The molecule has 0 radical (unpaired) electrons. The maximum Gasteiger partial charge on any atom is 0.132 e. The van der Waals surface area contributed by atoms with Gasteiger partial charge >= 0.3 is 0 Å². The van der Waals surface area contributed by atoms with Crippen LogP contribution in [0.25, 0.3) is 21.8 Å². The molecule has 0 saturated carbocycles. The van der Waals surface area contributed by atoms with Crippen LogP contribution in [0.2, 0.25) is 0 Å². The van der Waals surface area contributed by atoms with Gasteiger partial charge in [0.25, 0.3) is 0 Å². The van der Waals surface area contributed by atoms with Crippen molar-refractivity contribution < 1.29 is 14.9 Å². The van der Waals surface area contributed by atoms with Gasteiger partial charge in [0.05, 0.1) is 5.52 Å². The molecule has 0 spiro atoms. The van der Waals surface area contributed by atoms with Crippen LogP contribution in [0, 0.1) is 0 Å². The molecule has 1 aromatic heterocycles. The minimum absolute atomic E-state index is 0.622. The number of benzene rings is 2. The molecular weight excluding hydrogens is 266 g/mol. The van der Waals surface area contributed by atoms with Gasteiger partial charge in [-0.1, -0.05) is 18.2 Å². The summed E-state index contributed by atoms with van der Waals surface area (Å²) < 4.78 is 5.88. The first-order valence-electron chi connectivity index (χ1n) is 7.07. The van der Waals surface area contributed by atoms with Gasteiger partial charge in [0, 0.05) is 21.9 Å². The lowest BCUT2D eigenvalue weighted by Gasteiger charge is -2.40. The Bertz CT molecular complexity index is 850. The monoisotopic (exact) mass is 283 g/mol. The Morgan fingerprint density at radius 1 is 1.05 bits per heavy atom. The van der Waals surface area contributed by atoms with Crippen molar-refractivity contribution in [1.82, 2.24) is 4.98 Å². The van der Waals surface area contributed by atoms with Crippen LogP contribution in [-0.4, -0.2) is 26.9 Å². The van der Waals surface area contributed by atoms with E-state index in [0.29, 0.717) is 11.3 Å². The number of aromatic amines is 1. The number of hydrogen-bond acceptors (Lipinski definition) is 3. The molecule has 3 aromatic rings. The summed E-state index contributed by atoms with van der Waals surface area (Å²) in [6.07, 6.45) is -1.94.